The summed E-state index contributed by atoms with van der Waals surface area (Å²) in [4.78, 5) is 53.0. The molecule has 4 aliphatic heterocycles. The molecule has 2 N–H and O–H groups in total. The Morgan fingerprint density at radius 1 is 0.841 bits per heavy atom. The summed E-state index contributed by atoms with van der Waals surface area (Å²) in [5.74, 6) is 0.0473. The molecule has 4 atom stereocenters. The van der Waals surface area contributed by atoms with Crippen molar-refractivity contribution < 1.29 is 29.0 Å². The van der Waals surface area contributed by atoms with Gasteiger partial charge in [0.1, 0.15) is 11.3 Å². The van der Waals surface area contributed by atoms with E-state index in [0.717, 1.165) is 35.3 Å². The lowest BCUT2D eigenvalue weighted by molar-refractivity contribution is -0.149. The largest absolute Gasteiger partial charge is 0.497 e. The van der Waals surface area contributed by atoms with E-state index in [1.165, 1.54) is 0 Å². The van der Waals surface area contributed by atoms with Crippen LogP contribution in [0.5, 0.6) is 5.75 Å². The van der Waals surface area contributed by atoms with Gasteiger partial charge in [-0.25, -0.2) is 0 Å². The van der Waals surface area contributed by atoms with Crippen molar-refractivity contribution >= 4 is 53.7 Å². The van der Waals surface area contributed by atoms with E-state index in [4.69, 9.17) is 9.47 Å². The van der Waals surface area contributed by atoms with Gasteiger partial charge in [-0.05, 0) is 91.6 Å². The Kier molecular flexibility index (Phi) is 11.5. The van der Waals surface area contributed by atoms with Crippen LogP contribution in [0.1, 0.15) is 37.3 Å². The van der Waals surface area contributed by atoms with Crippen molar-refractivity contribution in [3.63, 3.8) is 0 Å². The van der Waals surface area contributed by atoms with Crippen LogP contribution >= 0.6 is 0 Å². The summed E-state index contributed by atoms with van der Waals surface area (Å²) in [5.41, 5.74) is 2.36. The van der Waals surface area contributed by atoms with Gasteiger partial charge in [0, 0.05) is 41.6 Å². The van der Waals surface area contributed by atoms with E-state index in [1.807, 2.05) is 114 Å². The van der Waals surface area contributed by atoms with Crippen LogP contribution in [0.2, 0.25) is 18.6 Å². The van der Waals surface area contributed by atoms with Crippen LogP contribution in [-0.2, 0) is 31.3 Å². The molecule has 63 heavy (non-hydrogen) atoms. The molecular weight excluding hydrogens is 807 g/mol. The molecule has 0 saturated carbocycles. The highest BCUT2D eigenvalue weighted by Gasteiger charge is 2.67. The summed E-state index contributed by atoms with van der Waals surface area (Å²) in [7, 11) is -0.967. The number of fused-ring (bicyclic) bond motifs is 2. The first kappa shape index (κ1) is 42.5. The highest BCUT2D eigenvalue weighted by molar-refractivity contribution is 6.91. The molecule has 4 aliphatic rings. The van der Waals surface area contributed by atoms with Gasteiger partial charge >= 0.3 is 0 Å². The van der Waals surface area contributed by atoms with E-state index < -0.39 is 25.3 Å². The number of nitrogens with one attached hydrogen (secondary N) is 1. The number of rotatable bonds is 12. The summed E-state index contributed by atoms with van der Waals surface area (Å²) in [6, 6.07) is 43.7. The molecule has 12 heteroatoms. The molecule has 4 heterocycles. The summed E-state index contributed by atoms with van der Waals surface area (Å²) < 4.78 is 13.0. The molecule has 2 spiro atoms. The van der Waals surface area contributed by atoms with Gasteiger partial charge in [0.25, 0.3) is 11.8 Å². The normalized spacial score (nSPS) is 22.9. The summed E-state index contributed by atoms with van der Waals surface area (Å²) in [5, 5.41) is 14.8. The van der Waals surface area contributed by atoms with E-state index in [2.05, 4.69) is 54.5 Å². The van der Waals surface area contributed by atoms with Gasteiger partial charge in [-0.1, -0.05) is 104 Å². The van der Waals surface area contributed by atoms with Crippen molar-refractivity contribution in [1.29, 1.82) is 0 Å². The first-order chi connectivity index (χ1) is 30.5. The molecule has 0 aliphatic carbocycles. The number of hydrogen-bond acceptors (Lipinski definition) is 8. The van der Waals surface area contributed by atoms with Gasteiger partial charge in [-0.2, -0.15) is 0 Å². The average Bonchev–Trinajstić information content (AvgIpc) is 3.86. The Bertz CT molecular complexity index is 2450. The number of para-hydroxylation sites is 2. The quantitative estimate of drug-likeness (QED) is 0.130. The lowest BCUT2D eigenvalue weighted by Gasteiger charge is -2.39. The molecule has 0 unspecified atom stereocenters. The lowest BCUT2D eigenvalue weighted by Crippen LogP contribution is -2.55. The Balaban J connectivity index is 1.17. The molecule has 0 radical (unpaired) electrons. The number of aliphatic hydroxyl groups excluding tert-OH is 1. The van der Waals surface area contributed by atoms with Crippen molar-refractivity contribution in [3.8, 4) is 5.75 Å². The smallest absolute Gasteiger partial charge is 0.268 e. The summed E-state index contributed by atoms with van der Waals surface area (Å²) >= 11 is 0. The summed E-state index contributed by atoms with van der Waals surface area (Å²) in [6.45, 7) is 8.87. The third-order valence-electron chi connectivity index (χ3n) is 14.3. The number of ether oxygens (including phenoxy) is 2. The van der Waals surface area contributed by atoms with Crippen molar-refractivity contribution in [3.05, 3.63) is 145 Å². The van der Waals surface area contributed by atoms with E-state index in [1.54, 1.807) is 16.9 Å². The van der Waals surface area contributed by atoms with Gasteiger partial charge < -0.3 is 29.7 Å². The topological polar surface area (TPSA) is 115 Å². The SMILES string of the molecule is COc1ccc([Si](C)(C)[C@@H]2[C@@H](CC(=O)N(CCO)Cc3ccccc3)O[C@]3(C(=O)N(c4ccccc4)c4ccc(N5CN(c6ccccc6)C6(CCNCC6)C5=O)cc43)[C@H]2C)cc1. The number of methoxy groups -OCH3 is 1. The minimum Gasteiger partial charge on any atom is -0.497 e. The molecule has 326 valence electrons. The lowest BCUT2D eigenvalue weighted by atomic mass is 9.82. The van der Waals surface area contributed by atoms with Gasteiger partial charge in [-0.3, -0.25) is 24.2 Å². The molecular formula is C51H57N5O6Si. The van der Waals surface area contributed by atoms with E-state index >= 15 is 4.79 Å². The standard InChI is InChI=1S/C51H57N5O6Si/c1-36-47(63(3,4)42-23-21-41(61-2)22-24-42)45(33-46(58)53(30-31-57)34-37-14-8-5-9-15-37)62-51(36)43-32-40(20-25-44(43)56(49(51)60)39-18-12-7-13-19-39)54-35-55(38-16-10-6-11-17-38)50(48(54)59)26-28-52-29-27-50/h5-25,32,36,45,47,52,57H,26-31,33-35H2,1-4H3/t36-,45+,47-,51+/m0/s1. The molecule has 5 aromatic carbocycles. The zero-order valence-corrected chi connectivity index (χ0v) is 37.6. The van der Waals surface area contributed by atoms with Crippen LogP contribution in [0, 0.1) is 5.92 Å². The van der Waals surface area contributed by atoms with Crippen LogP contribution in [-0.4, -0.2) is 87.5 Å². The van der Waals surface area contributed by atoms with E-state index in [9.17, 15) is 14.7 Å². The first-order valence-corrected chi connectivity index (χ1v) is 25.3. The van der Waals surface area contributed by atoms with Crippen molar-refractivity contribution in [2.45, 2.75) is 68.6 Å². The van der Waals surface area contributed by atoms with Gasteiger partial charge in [0.2, 0.25) is 5.91 Å². The number of piperidine rings is 1. The summed E-state index contributed by atoms with van der Waals surface area (Å²) in [6.07, 6.45) is 0.722. The average molecular weight is 864 g/mol. The number of anilines is 4. The Morgan fingerprint density at radius 3 is 2.11 bits per heavy atom. The predicted molar refractivity (Wildman–Crippen MR) is 249 cm³/mol. The molecule has 11 nitrogen and oxygen atoms in total. The van der Waals surface area contributed by atoms with Crippen LogP contribution in [0.25, 0.3) is 0 Å². The number of nitrogens with zero attached hydrogens (tertiary/aromatic N) is 4. The zero-order chi connectivity index (χ0) is 43.9. The minimum absolute atomic E-state index is 0.0248. The molecule has 9 rings (SSSR count). The maximum Gasteiger partial charge on any atom is 0.268 e. The monoisotopic (exact) mass is 863 g/mol. The second kappa shape index (κ2) is 17.1. The third-order valence-corrected chi connectivity index (χ3v) is 18.7. The van der Waals surface area contributed by atoms with Crippen LogP contribution in [0.3, 0.4) is 0 Å². The van der Waals surface area contributed by atoms with Crippen LogP contribution < -0.4 is 29.9 Å². The molecule has 0 bridgehead atoms. The van der Waals surface area contributed by atoms with Gasteiger partial charge in [-0.15, -0.1) is 0 Å². The fourth-order valence-electron chi connectivity index (χ4n) is 11.1. The zero-order valence-electron chi connectivity index (χ0n) is 36.6. The third kappa shape index (κ3) is 7.22. The first-order valence-electron chi connectivity index (χ1n) is 22.2. The molecule has 5 aromatic rings. The second-order valence-corrected chi connectivity index (χ2v) is 22.7. The molecule has 3 fully saturated rings. The Labute approximate surface area is 371 Å². The molecule has 3 amide bonds. The number of carbonyl (C=O) groups is 3. The molecule has 3 saturated heterocycles. The highest BCUT2D eigenvalue weighted by atomic mass is 28.3. The Hall–Kier alpha value is -5.79. The molecule has 0 aromatic heterocycles. The van der Waals surface area contributed by atoms with Gasteiger partial charge in [0.15, 0.2) is 5.60 Å². The second-order valence-electron chi connectivity index (χ2n) is 18.0. The van der Waals surface area contributed by atoms with Crippen LogP contribution in [0.4, 0.5) is 22.7 Å². The fourth-order valence-corrected chi connectivity index (χ4v) is 15.1. The number of amides is 3. The maximum atomic E-state index is 15.8. The Morgan fingerprint density at radius 2 is 1.48 bits per heavy atom. The van der Waals surface area contributed by atoms with Crippen molar-refractivity contribution in [1.82, 2.24) is 10.2 Å². The van der Waals surface area contributed by atoms with E-state index in [-0.39, 0.29) is 48.8 Å². The number of carbonyl (C=O) groups excluding carboxylic acids is 3. The number of hydrogen-bond donors (Lipinski definition) is 2. The minimum atomic E-state index is -2.62. The van der Waals surface area contributed by atoms with Crippen molar-refractivity contribution in [2.75, 3.05) is 54.7 Å². The van der Waals surface area contributed by atoms with E-state index in [0.29, 0.717) is 48.7 Å². The predicted octanol–water partition coefficient (Wildman–Crippen LogP) is 6.93. The van der Waals surface area contributed by atoms with Gasteiger partial charge in [0.05, 0.1) is 46.7 Å². The fraction of sp³-hybridized carbons (Fsp3) is 0.353. The number of aliphatic hydroxyl groups is 1. The van der Waals surface area contributed by atoms with Crippen molar-refractivity contribution in [2.24, 2.45) is 5.92 Å². The number of benzene rings is 5. The maximum absolute atomic E-state index is 15.8. The highest BCUT2D eigenvalue weighted by Crippen LogP contribution is 2.61. The van der Waals surface area contributed by atoms with Crippen LogP contribution in [0.15, 0.2) is 133 Å².